The molecule has 1 fully saturated rings. The fourth-order valence-corrected chi connectivity index (χ4v) is 2.70. The number of ether oxygens (including phenoxy) is 1. The minimum atomic E-state index is -0.273. The molecule has 0 aliphatic carbocycles. The van der Waals surface area contributed by atoms with Crippen molar-refractivity contribution in [2.75, 3.05) is 29.9 Å². The maximum atomic E-state index is 12.0. The lowest BCUT2D eigenvalue weighted by Crippen LogP contribution is -2.29. The van der Waals surface area contributed by atoms with Crippen LogP contribution < -0.4 is 20.3 Å². The Morgan fingerprint density at radius 2 is 1.96 bits per heavy atom. The molecule has 2 amide bonds. The molecule has 0 unspecified atom stereocenters. The highest BCUT2D eigenvalue weighted by Crippen LogP contribution is 2.16. The Morgan fingerprint density at radius 1 is 1.20 bits per heavy atom. The minimum Gasteiger partial charge on any atom is -0.494 e. The number of carbonyl (C=O) groups excluding carboxylic acids is 1. The molecule has 3 rings (SSSR count). The lowest BCUT2D eigenvalue weighted by Gasteiger charge is -2.15. The highest BCUT2D eigenvalue weighted by molar-refractivity contribution is 5.89. The molecule has 0 atom stereocenters. The molecular formula is C18H23N5O2. The topological polar surface area (TPSA) is 79.4 Å². The van der Waals surface area contributed by atoms with Gasteiger partial charge in [-0.3, -0.25) is 0 Å². The van der Waals surface area contributed by atoms with Crippen LogP contribution in [0.3, 0.4) is 0 Å². The van der Waals surface area contributed by atoms with Gasteiger partial charge in [-0.05, 0) is 50.1 Å². The summed E-state index contributed by atoms with van der Waals surface area (Å²) in [5, 5.41) is 5.61. The molecule has 1 aliphatic heterocycles. The van der Waals surface area contributed by atoms with Gasteiger partial charge in [-0.2, -0.15) is 0 Å². The highest BCUT2D eigenvalue weighted by Gasteiger charge is 2.15. The van der Waals surface area contributed by atoms with Crippen LogP contribution in [0.25, 0.3) is 0 Å². The van der Waals surface area contributed by atoms with Crippen molar-refractivity contribution in [2.24, 2.45) is 0 Å². The number of urea groups is 1. The number of nitrogens with one attached hydrogen (secondary N) is 2. The van der Waals surface area contributed by atoms with Crippen molar-refractivity contribution >= 4 is 17.7 Å². The third-order valence-electron chi connectivity index (χ3n) is 3.94. The second-order valence-corrected chi connectivity index (χ2v) is 5.81. The van der Waals surface area contributed by atoms with E-state index in [1.54, 1.807) is 18.3 Å². The van der Waals surface area contributed by atoms with Crippen molar-refractivity contribution in [3.63, 3.8) is 0 Å². The van der Waals surface area contributed by atoms with E-state index in [4.69, 9.17) is 4.74 Å². The molecule has 1 aromatic carbocycles. The maximum Gasteiger partial charge on any atom is 0.319 e. The van der Waals surface area contributed by atoms with E-state index in [-0.39, 0.29) is 6.03 Å². The quantitative estimate of drug-likeness (QED) is 0.844. The van der Waals surface area contributed by atoms with Crippen LogP contribution in [0.4, 0.5) is 16.4 Å². The van der Waals surface area contributed by atoms with Crippen LogP contribution in [0, 0.1) is 0 Å². The van der Waals surface area contributed by atoms with Gasteiger partial charge in [0.15, 0.2) is 0 Å². The van der Waals surface area contributed by atoms with Crippen molar-refractivity contribution in [3.8, 4) is 5.75 Å². The van der Waals surface area contributed by atoms with E-state index in [9.17, 15) is 4.79 Å². The lowest BCUT2D eigenvalue weighted by atomic mass is 10.3. The van der Waals surface area contributed by atoms with Crippen molar-refractivity contribution in [3.05, 3.63) is 42.2 Å². The average molecular weight is 341 g/mol. The van der Waals surface area contributed by atoms with E-state index in [2.05, 4.69) is 25.5 Å². The monoisotopic (exact) mass is 341 g/mol. The van der Waals surface area contributed by atoms with Crippen LogP contribution in [0.15, 0.2) is 36.5 Å². The van der Waals surface area contributed by atoms with Crippen molar-refractivity contribution < 1.29 is 9.53 Å². The molecule has 2 heterocycles. The van der Waals surface area contributed by atoms with Gasteiger partial charge in [0.25, 0.3) is 0 Å². The molecule has 1 aliphatic rings. The summed E-state index contributed by atoms with van der Waals surface area (Å²) in [7, 11) is 0. The molecule has 0 saturated carbocycles. The molecule has 2 N–H and O–H groups in total. The van der Waals surface area contributed by atoms with Crippen LogP contribution >= 0.6 is 0 Å². The summed E-state index contributed by atoms with van der Waals surface area (Å²) >= 11 is 0. The van der Waals surface area contributed by atoms with Crippen molar-refractivity contribution in [2.45, 2.75) is 26.3 Å². The van der Waals surface area contributed by atoms with Crippen LogP contribution in [0.5, 0.6) is 5.75 Å². The molecule has 0 bridgehead atoms. The predicted molar refractivity (Wildman–Crippen MR) is 96.9 cm³/mol. The van der Waals surface area contributed by atoms with Gasteiger partial charge in [-0.25, -0.2) is 14.8 Å². The number of hydrogen-bond acceptors (Lipinski definition) is 5. The fourth-order valence-electron chi connectivity index (χ4n) is 2.70. The first-order valence-electron chi connectivity index (χ1n) is 8.59. The molecule has 2 aromatic rings. The standard InChI is InChI=1S/C18H23N5O2/c1-2-25-16-7-5-14(6-8-16)22-18(24)20-13-15-9-10-19-17(21-15)23-11-3-4-12-23/h5-10H,2-4,11-13H2,1H3,(H2,20,22,24). The van der Waals surface area contributed by atoms with Crippen molar-refractivity contribution in [1.82, 2.24) is 15.3 Å². The zero-order chi connectivity index (χ0) is 17.5. The van der Waals surface area contributed by atoms with Gasteiger partial charge in [0.1, 0.15) is 5.75 Å². The van der Waals surface area contributed by atoms with Gasteiger partial charge in [0, 0.05) is 25.0 Å². The number of carbonyl (C=O) groups is 1. The Labute approximate surface area is 147 Å². The number of aromatic nitrogens is 2. The van der Waals surface area contributed by atoms with Gasteiger partial charge in [0.05, 0.1) is 18.8 Å². The van der Waals surface area contributed by atoms with Gasteiger partial charge in [-0.1, -0.05) is 0 Å². The summed E-state index contributed by atoms with van der Waals surface area (Å²) in [6.07, 6.45) is 4.09. The summed E-state index contributed by atoms with van der Waals surface area (Å²) in [5.74, 6) is 1.52. The molecule has 25 heavy (non-hydrogen) atoms. The van der Waals surface area contributed by atoms with Crippen LogP contribution in [-0.2, 0) is 6.54 Å². The highest BCUT2D eigenvalue weighted by atomic mass is 16.5. The Bertz CT molecular complexity index is 699. The molecule has 1 saturated heterocycles. The maximum absolute atomic E-state index is 12.0. The number of nitrogens with zero attached hydrogens (tertiary/aromatic N) is 3. The molecule has 7 nitrogen and oxygen atoms in total. The number of hydrogen-bond donors (Lipinski definition) is 2. The molecule has 1 aromatic heterocycles. The Balaban J connectivity index is 1.51. The second-order valence-electron chi connectivity index (χ2n) is 5.81. The summed E-state index contributed by atoms with van der Waals surface area (Å²) in [6, 6.07) is 8.81. The molecular weight excluding hydrogens is 318 g/mol. The average Bonchev–Trinajstić information content (AvgIpc) is 3.17. The summed E-state index contributed by atoms with van der Waals surface area (Å²) in [6.45, 7) is 4.89. The first kappa shape index (κ1) is 17.0. The minimum absolute atomic E-state index is 0.273. The zero-order valence-electron chi connectivity index (χ0n) is 14.4. The summed E-state index contributed by atoms with van der Waals surface area (Å²) in [5.41, 5.74) is 1.50. The summed E-state index contributed by atoms with van der Waals surface area (Å²) in [4.78, 5) is 23.0. The third-order valence-corrected chi connectivity index (χ3v) is 3.94. The van der Waals surface area contributed by atoms with Crippen LogP contribution in [0.1, 0.15) is 25.5 Å². The Morgan fingerprint density at radius 3 is 2.68 bits per heavy atom. The fraction of sp³-hybridized carbons (Fsp3) is 0.389. The largest absolute Gasteiger partial charge is 0.494 e. The lowest BCUT2D eigenvalue weighted by molar-refractivity contribution is 0.251. The van der Waals surface area contributed by atoms with E-state index < -0.39 is 0 Å². The summed E-state index contributed by atoms with van der Waals surface area (Å²) < 4.78 is 5.38. The first-order valence-corrected chi connectivity index (χ1v) is 8.59. The number of benzene rings is 1. The molecule has 132 valence electrons. The Kier molecular flexibility index (Phi) is 5.66. The smallest absolute Gasteiger partial charge is 0.319 e. The van der Waals surface area contributed by atoms with E-state index in [1.807, 2.05) is 25.1 Å². The van der Waals surface area contributed by atoms with Crippen LogP contribution in [0.2, 0.25) is 0 Å². The van der Waals surface area contributed by atoms with Gasteiger partial charge in [0.2, 0.25) is 5.95 Å². The SMILES string of the molecule is CCOc1ccc(NC(=O)NCc2ccnc(N3CCCC3)n2)cc1. The third kappa shape index (κ3) is 4.82. The molecule has 0 radical (unpaired) electrons. The van der Waals surface area contributed by atoms with E-state index in [1.165, 1.54) is 12.8 Å². The number of anilines is 2. The molecule has 7 heteroatoms. The van der Waals surface area contributed by atoms with Crippen LogP contribution in [-0.4, -0.2) is 35.7 Å². The predicted octanol–water partition coefficient (Wildman–Crippen LogP) is 2.80. The number of rotatable bonds is 6. The van der Waals surface area contributed by atoms with E-state index >= 15 is 0 Å². The van der Waals surface area contributed by atoms with E-state index in [0.29, 0.717) is 18.8 Å². The molecule has 0 spiro atoms. The number of amides is 2. The second kappa shape index (κ2) is 8.32. The first-order chi connectivity index (χ1) is 12.2. The van der Waals surface area contributed by atoms with Gasteiger partial charge < -0.3 is 20.3 Å². The zero-order valence-corrected chi connectivity index (χ0v) is 14.4. The van der Waals surface area contributed by atoms with Gasteiger partial charge >= 0.3 is 6.03 Å². The normalized spacial score (nSPS) is 13.6. The van der Waals surface area contributed by atoms with E-state index in [0.717, 1.165) is 30.5 Å². The van der Waals surface area contributed by atoms with Gasteiger partial charge in [-0.15, -0.1) is 0 Å². The van der Waals surface area contributed by atoms with Crippen molar-refractivity contribution in [1.29, 1.82) is 0 Å². The Hall–Kier alpha value is -2.83.